The topological polar surface area (TPSA) is 18.5 Å². The molecule has 1 rings (SSSR count). The molecule has 2 heteroatoms. The molecule has 0 N–H and O–H groups in total. The molecule has 1 aromatic rings. The van der Waals surface area contributed by atoms with Crippen molar-refractivity contribution in [3.63, 3.8) is 0 Å². The van der Waals surface area contributed by atoms with E-state index in [1.54, 1.807) is 7.11 Å². The largest absolute Gasteiger partial charge is 0.382 e. The fourth-order valence-electron chi connectivity index (χ4n) is 1.44. The predicted octanol–water partition coefficient (Wildman–Crippen LogP) is 3.02. The average molecular weight is 208 g/mol. The first-order chi connectivity index (χ1) is 7.22. The van der Waals surface area contributed by atoms with E-state index in [-0.39, 0.29) is 12.2 Å². The second-order valence-corrected chi connectivity index (χ2v) is 3.89. The average Bonchev–Trinajstić information content (AvgIpc) is 2.27. The third-order valence-electron chi connectivity index (χ3n) is 2.44. The molecule has 0 spiro atoms. The van der Waals surface area contributed by atoms with Gasteiger partial charge in [0.15, 0.2) is 0 Å². The van der Waals surface area contributed by atoms with Gasteiger partial charge in [0.25, 0.3) is 0 Å². The van der Waals surface area contributed by atoms with Crippen molar-refractivity contribution in [3.8, 4) is 0 Å². The number of rotatable bonds is 6. The molecular formula is C13H20O2. The maximum absolute atomic E-state index is 5.72. The number of ether oxygens (including phenoxy) is 2. The maximum atomic E-state index is 5.72. The van der Waals surface area contributed by atoms with E-state index in [4.69, 9.17) is 9.47 Å². The molecule has 84 valence electrons. The Hall–Kier alpha value is -0.860. The van der Waals surface area contributed by atoms with Gasteiger partial charge < -0.3 is 9.47 Å². The van der Waals surface area contributed by atoms with Crippen molar-refractivity contribution in [2.24, 2.45) is 0 Å². The highest BCUT2D eigenvalue weighted by atomic mass is 16.5. The molecule has 2 nitrogen and oxygen atoms in total. The van der Waals surface area contributed by atoms with Crippen molar-refractivity contribution in [2.75, 3.05) is 7.11 Å². The van der Waals surface area contributed by atoms with Gasteiger partial charge in [0.05, 0.1) is 18.8 Å². The van der Waals surface area contributed by atoms with E-state index in [0.29, 0.717) is 6.61 Å². The summed E-state index contributed by atoms with van der Waals surface area (Å²) in [4.78, 5) is 0. The molecule has 1 aromatic carbocycles. The van der Waals surface area contributed by atoms with Crippen LogP contribution in [0.15, 0.2) is 30.3 Å². The molecule has 2 atom stereocenters. The van der Waals surface area contributed by atoms with Crippen molar-refractivity contribution >= 4 is 0 Å². The van der Waals surface area contributed by atoms with E-state index in [2.05, 4.69) is 26.0 Å². The third-order valence-corrected chi connectivity index (χ3v) is 2.44. The van der Waals surface area contributed by atoms with Gasteiger partial charge in [0, 0.05) is 7.11 Å². The lowest BCUT2D eigenvalue weighted by Gasteiger charge is -2.16. The molecule has 0 radical (unpaired) electrons. The van der Waals surface area contributed by atoms with Gasteiger partial charge in [-0.2, -0.15) is 0 Å². The quantitative estimate of drug-likeness (QED) is 0.715. The van der Waals surface area contributed by atoms with E-state index >= 15 is 0 Å². The Bertz CT molecular complexity index is 258. The molecule has 0 aliphatic carbocycles. The highest BCUT2D eigenvalue weighted by Gasteiger charge is 2.07. The first kappa shape index (κ1) is 12.2. The molecule has 0 bridgehead atoms. The molecule has 0 aliphatic rings. The monoisotopic (exact) mass is 208 g/mol. The smallest absolute Gasteiger partial charge is 0.0720 e. The van der Waals surface area contributed by atoms with E-state index < -0.39 is 0 Å². The van der Waals surface area contributed by atoms with Crippen LogP contribution in [-0.2, 0) is 16.1 Å². The highest BCUT2D eigenvalue weighted by molar-refractivity contribution is 5.13. The van der Waals surface area contributed by atoms with Crippen molar-refractivity contribution in [1.82, 2.24) is 0 Å². The minimum absolute atomic E-state index is 0.236. The van der Waals surface area contributed by atoms with Crippen molar-refractivity contribution in [3.05, 3.63) is 35.9 Å². The van der Waals surface area contributed by atoms with Crippen LogP contribution in [0.1, 0.15) is 25.8 Å². The minimum atomic E-state index is 0.236. The van der Waals surface area contributed by atoms with Crippen molar-refractivity contribution in [1.29, 1.82) is 0 Å². The maximum Gasteiger partial charge on any atom is 0.0720 e. The number of hydrogen-bond acceptors (Lipinski definition) is 2. The lowest BCUT2D eigenvalue weighted by Crippen LogP contribution is -2.17. The van der Waals surface area contributed by atoms with Gasteiger partial charge in [0.1, 0.15) is 0 Å². The van der Waals surface area contributed by atoms with E-state index in [1.807, 2.05) is 18.2 Å². The summed E-state index contributed by atoms with van der Waals surface area (Å²) >= 11 is 0. The summed E-state index contributed by atoms with van der Waals surface area (Å²) in [7, 11) is 1.73. The Balaban J connectivity index is 2.25. The van der Waals surface area contributed by atoms with E-state index in [1.165, 1.54) is 5.56 Å². The summed E-state index contributed by atoms with van der Waals surface area (Å²) in [6, 6.07) is 10.2. The van der Waals surface area contributed by atoms with Crippen molar-refractivity contribution in [2.45, 2.75) is 39.1 Å². The van der Waals surface area contributed by atoms with Crippen LogP contribution in [0.5, 0.6) is 0 Å². The van der Waals surface area contributed by atoms with Crippen molar-refractivity contribution < 1.29 is 9.47 Å². The van der Waals surface area contributed by atoms with Gasteiger partial charge in [-0.25, -0.2) is 0 Å². The SMILES string of the molecule is CO[C@H](C)C[C@@H](C)OCc1ccccc1. The molecule has 0 heterocycles. The Morgan fingerprint density at radius 1 is 1.07 bits per heavy atom. The molecular weight excluding hydrogens is 188 g/mol. The summed E-state index contributed by atoms with van der Waals surface area (Å²) < 4.78 is 10.9. The second-order valence-electron chi connectivity index (χ2n) is 3.89. The lowest BCUT2D eigenvalue weighted by atomic mass is 10.2. The molecule has 0 aromatic heterocycles. The predicted molar refractivity (Wildman–Crippen MR) is 61.8 cm³/mol. The van der Waals surface area contributed by atoms with Crippen LogP contribution in [0.25, 0.3) is 0 Å². The summed E-state index contributed by atoms with van der Waals surface area (Å²) in [5.41, 5.74) is 1.22. The third kappa shape index (κ3) is 4.96. The van der Waals surface area contributed by atoms with Gasteiger partial charge in [-0.3, -0.25) is 0 Å². The van der Waals surface area contributed by atoms with Crippen LogP contribution >= 0.6 is 0 Å². The zero-order chi connectivity index (χ0) is 11.1. The number of benzene rings is 1. The van der Waals surface area contributed by atoms with E-state index in [0.717, 1.165) is 6.42 Å². The Morgan fingerprint density at radius 3 is 2.33 bits per heavy atom. The molecule has 0 saturated heterocycles. The molecule has 0 fully saturated rings. The highest BCUT2D eigenvalue weighted by Crippen LogP contribution is 2.08. The number of methoxy groups -OCH3 is 1. The summed E-state index contributed by atoms with van der Waals surface area (Å²) in [5, 5.41) is 0. The molecule has 0 aliphatic heterocycles. The van der Waals surface area contributed by atoms with Gasteiger partial charge in [-0.1, -0.05) is 30.3 Å². The van der Waals surface area contributed by atoms with Crippen LogP contribution in [0, 0.1) is 0 Å². The normalized spacial score (nSPS) is 14.9. The Kier molecular flexibility index (Phi) is 5.37. The van der Waals surface area contributed by atoms with Crippen LogP contribution in [0.2, 0.25) is 0 Å². The standard InChI is InChI=1S/C13H20O2/c1-11(14-3)9-12(2)15-10-13-7-5-4-6-8-13/h4-8,11-12H,9-10H2,1-3H3/t11-,12-/m1/s1. The first-order valence-electron chi connectivity index (χ1n) is 5.40. The number of hydrogen-bond donors (Lipinski definition) is 0. The molecule has 0 amide bonds. The van der Waals surface area contributed by atoms with E-state index in [9.17, 15) is 0 Å². The van der Waals surface area contributed by atoms with Crippen LogP contribution in [0.3, 0.4) is 0 Å². The summed E-state index contributed by atoms with van der Waals surface area (Å²) in [5.74, 6) is 0. The summed E-state index contributed by atoms with van der Waals surface area (Å²) in [6.45, 7) is 4.82. The summed E-state index contributed by atoms with van der Waals surface area (Å²) in [6.07, 6.45) is 1.43. The molecule has 0 unspecified atom stereocenters. The lowest BCUT2D eigenvalue weighted by molar-refractivity contribution is 0.00613. The van der Waals surface area contributed by atoms with Gasteiger partial charge in [-0.05, 0) is 25.8 Å². The second kappa shape index (κ2) is 6.59. The van der Waals surface area contributed by atoms with Gasteiger partial charge in [-0.15, -0.1) is 0 Å². The first-order valence-corrected chi connectivity index (χ1v) is 5.40. The molecule has 15 heavy (non-hydrogen) atoms. The fraction of sp³-hybridized carbons (Fsp3) is 0.538. The zero-order valence-corrected chi connectivity index (χ0v) is 9.77. The van der Waals surface area contributed by atoms with Crippen LogP contribution < -0.4 is 0 Å². The fourth-order valence-corrected chi connectivity index (χ4v) is 1.44. The Labute approximate surface area is 92.2 Å². The minimum Gasteiger partial charge on any atom is -0.382 e. The van der Waals surface area contributed by atoms with Crippen LogP contribution in [-0.4, -0.2) is 19.3 Å². The zero-order valence-electron chi connectivity index (χ0n) is 9.77. The molecule has 0 saturated carbocycles. The van der Waals surface area contributed by atoms with Crippen LogP contribution in [0.4, 0.5) is 0 Å². The Morgan fingerprint density at radius 2 is 1.73 bits per heavy atom. The van der Waals surface area contributed by atoms with Gasteiger partial charge >= 0.3 is 0 Å². The van der Waals surface area contributed by atoms with Gasteiger partial charge in [0.2, 0.25) is 0 Å².